The number of nitrogens with zero attached hydrogens (tertiary/aromatic N) is 2. The van der Waals surface area contributed by atoms with Crippen molar-refractivity contribution in [3.8, 4) is 5.75 Å². The molecule has 1 atom stereocenters. The summed E-state index contributed by atoms with van der Waals surface area (Å²) in [5.74, 6) is -0.00413. The van der Waals surface area contributed by atoms with E-state index in [2.05, 4.69) is 20.9 Å². The minimum Gasteiger partial charge on any atom is -0.492 e. The van der Waals surface area contributed by atoms with Crippen molar-refractivity contribution in [2.75, 3.05) is 39.3 Å². The summed E-state index contributed by atoms with van der Waals surface area (Å²) in [4.78, 5) is 19.8. The van der Waals surface area contributed by atoms with E-state index < -0.39 is 12.0 Å². The van der Waals surface area contributed by atoms with Crippen LogP contribution in [0.25, 0.3) is 10.9 Å². The lowest BCUT2D eigenvalue weighted by Gasteiger charge is -2.37. The first-order valence-corrected chi connectivity index (χ1v) is 10.5. The van der Waals surface area contributed by atoms with Gasteiger partial charge in [-0.1, -0.05) is 23.2 Å². The Balaban J connectivity index is 1.36. The average molecular weight is 428 g/mol. The van der Waals surface area contributed by atoms with Crippen LogP contribution in [-0.4, -0.2) is 65.2 Å². The second-order valence-electron chi connectivity index (χ2n) is 7.71. The maximum absolute atomic E-state index is 12.2. The third-order valence-corrected chi connectivity index (χ3v) is 5.91. The van der Waals surface area contributed by atoms with Crippen molar-refractivity contribution in [3.63, 3.8) is 0 Å². The van der Waals surface area contributed by atoms with Gasteiger partial charge in [-0.15, -0.1) is 0 Å². The minimum atomic E-state index is -0.808. The van der Waals surface area contributed by atoms with E-state index >= 15 is 0 Å². The predicted molar refractivity (Wildman–Crippen MR) is 118 cm³/mol. The highest BCUT2D eigenvalue weighted by Crippen LogP contribution is 2.30. The number of carbonyl (C=O) groups is 1. The highest BCUT2D eigenvalue weighted by molar-refractivity contribution is 6.30. The van der Waals surface area contributed by atoms with Crippen molar-refractivity contribution < 1.29 is 14.6 Å². The fraction of sp³-hybridized carbons (Fsp3) is 0.348. The SMILES string of the molecule is Cc1ccc2[nH]cc([C@@H](C(=O)O)N3CCN(CCOc4ccc(Cl)cc4)CC3)c2c1. The van der Waals surface area contributed by atoms with Crippen LogP contribution in [0.5, 0.6) is 5.75 Å². The van der Waals surface area contributed by atoms with Crippen molar-refractivity contribution in [3.05, 3.63) is 64.8 Å². The smallest absolute Gasteiger partial charge is 0.325 e. The lowest BCUT2D eigenvalue weighted by Crippen LogP contribution is -2.50. The summed E-state index contributed by atoms with van der Waals surface area (Å²) in [5.41, 5.74) is 2.93. The molecule has 1 saturated heterocycles. The topological polar surface area (TPSA) is 68.8 Å². The molecule has 4 rings (SSSR count). The van der Waals surface area contributed by atoms with Crippen LogP contribution >= 0.6 is 11.6 Å². The summed E-state index contributed by atoms with van der Waals surface area (Å²) in [6, 6.07) is 12.8. The number of carboxylic acid groups (broad SMARTS) is 1. The number of carboxylic acids is 1. The molecular weight excluding hydrogens is 402 g/mol. The molecule has 30 heavy (non-hydrogen) atoms. The van der Waals surface area contributed by atoms with Gasteiger partial charge in [0.1, 0.15) is 18.4 Å². The Kier molecular flexibility index (Phi) is 6.27. The Morgan fingerprint density at radius 3 is 2.60 bits per heavy atom. The summed E-state index contributed by atoms with van der Waals surface area (Å²) < 4.78 is 5.78. The molecule has 2 heterocycles. The van der Waals surface area contributed by atoms with Gasteiger partial charge in [0.25, 0.3) is 0 Å². The lowest BCUT2D eigenvalue weighted by molar-refractivity contribution is -0.144. The molecule has 1 fully saturated rings. The molecule has 6 nitrogen and oxygen atoms in total. The minimum absolute atomic E-state index is 0.589. The molecule has 0 saturated carbocycles. The van der Waals surface area contributed by atoms with Crippen molar-refractivity contribution in [1.29, 1.82) is 0 Å². The molecule has 0 unspecified atom stereocenters. The van der Waals surface area contributed by atoms with Gasteiger partial charge in [0.05, 0.1) is 0 Å². The number of hydrogen-bond acceptors (Lipinski definition) is 4. The van der Waals surface area contributed by atoms with Gasteiger partial charge in [0, 0.05) is 60.4 Å². The third-order valence-electron chi connectivity index (χ3n) is 5.66. The first-order valence-electron chi connectivity index (χ1n) is 10.2. The molecule has 0 bridgehead atoms. The predicted octanol–water partition coefficient (Wildman–Crippen LogP) is 3.95. The van der Waals surface area contributed by atoms with Crippen LogP contribution < -0.4 is 4.74 Å². The Morgan fingerprint density at radius 1 is 1.17 bits per heavy atom. The van der Waals surface area contributed by atoms with Crippen LogP contribution in [0.3, 0.4) is 0 Å². The van der Waals surface area contributed by atoms with Gasteiger partial charge >= 0.3 is 5.97 Å². The van der Waals surface area contributed by atoms with Crippen LogP contribution in [0.15, 0.2) is 48.7 Å². The van der Waals surface area contributed by atoms with Crippen LogP contribution in [0.1, 0.15) is 17.2 Å². The quantitative estimate of drug-likeness (QED) is 0.597. The lowest BCUT2D eigenvalue weighted by atomic mass is 10.0. The number of aromatic amines is 1. The number of hydrogen-bond donors (Lipinski definition) is 2. The fourth-order valence-corrected chi connectivity index (χ4v) is 4.16. The van der Waals surface area contributed by atoms with E-state index in [-0.39, 0.29) is 0 Å². The zero-order valence-corrected chi connectivity index (χ0v) is 17.7. The second kappa shape index (κ2) is 9.08. The maximum atomic E-state index is 12.2. The maximum Gasteiger partial charge on any atom is 0.325 e. The van der Waals surface area contributed by atoms with E-state index in [1.54, 1.807) is 0 Å². The summed E-state index contributed by atoms with van der Waals surface area (Å²) in [6.45, 7) is 6.46. The average Bonchev–Trinajstić information content (AvgIpc) is 3.13. The molecule has 2 aromatic carbocycles. The van der Waals surface area contributed by atoms with E-state index in [9.17, 15) is 9.90 Å². The molecule has 1 aromatic heterocycles. The Bertz CT molecular complexity index is 1010. The number of rotatable bonds is 7. The summed E-state index contributed by atoms with van der Waals surface area (Å²) in [5, 5.41) is 11.7. The molecular formula is C23H26ClN3O3. The Labute approximate surface area is 181 Å². The van der Waals surface area contributed by atoms with E-state index in [0.29, 0.717) is 24.7 Å². The van der Waals surface area contributed by atoms with Gasteiger partial charge in [0.15, 0.2) is 0 Å². The molecule has 158 valence electrons. The Morgan fingerprint density at radius 2 is 1.90 bits per heavy atom. The van der Waals surface area contributed by atoms with Crippen LogP contribution in [-0.2, 0) is 4.79 Å². The second-order valence-corrected chi connectivity index (χ2v) is 8.15. The number of aromatic nitrogens is 1. The number of fused-ring (bicyclic) bond motifs is 1. The van der Waals surface area contributed by atoms with Gasteiger partial charge in [-0.25, -0.2) is 0 Å². The van der Waals surface area contributed by atoms with E-state index in [0.717, 1.165) is 47.4 Å². The molecule has 3 aromatic rings. The molecule has 1 aliphatic rings. The Hall–Kier alpha value is -2.54. The standard InChI is InChI=1S/C23H26ClN3O3/c1-16-2-7-21-19(14-16)20(15-25-21)22(23(28)29)27-10-8-26(9-11-27)12-13-30-18-5-3-17(24)4-6-18/h2-7,14-15,22,25H,8-13H2,1H3,(H,28,29)/t22-/m0/s1. The monoisotopic (exact) mass is 427 g/mol. The van der Waals surface area contributed by atoms with Gasteiger partial charge in [-0.2, -0.15) is 0 Å². The van der Waals surface area contributed by atoms with Gasteiger partial charge in [-0.05, 0) is 43.3 Å². The first-order chi connectivity index (χ1) is 14.5. The number of aryl methyl sites for hydroxylation is 1. The summed E-state index contributed by atoms with van der Waals surface area (Å²) >= 11 is 5.89. The molecule has 0 amide bonds. The van der Waals surface area contributed by atoms with E-state index in [1.165, 1.54) is 0 Å². The van der Waals surface area contributed by atoms with Gasteiger partial charge in [-0.3, -0.25) is 14.6 Å². The molecule has 7 heteroatoms. The molecule has 2 N–H and O–H groups in total. The van der Waals surface area contributed by atoms with Crippen LogP contribution in [0.4, 0.5) is 0 Å². The van der Waals surface area contributed by atoms with Crippen LogP contribution in [0, 0.1) is 6.92 Å². The third kappa shape index (κ3) is 4.61. The number of nitrogens with one attached hydrogen (secondary N) is 1. The van der Waals surface area contributed by atoms with Crippen molar-refractivity contribution >= 4 is 28.5 Å². The number of H-pyrrole nitrogens is 1. The number of ether oxygens (including phenoxy) is 1. The number of benzene rings is 2. The highest BCUT2D eigenvalue weighted by atomic mass is 35.5. The summed E-state index contributed by atoms with van der Waals surface area (Å²) in [7, 11) is 0. The molecule has 0 radical (unpaired) electrons. The van der Waals surface area contributed by atoms with Gasteiger partial charge in [0.2, 0.25) is 0 Å². The van der Waals surface area contributed by atoms with Crippen molar-refractivity contribution in [1.82, 2.24) is 14.8 Å². The van der Waals surface area contributed by atoms with Crippen molar-refractivity contribution in [2.45, 2.75) is 13.0 Å². The molecule has 0 spiro atoms. The molecule has 0 aliphatic carbocycles. The van der Waals surface area contributed by atoms with E-state index in [4.69, 9.17) is 16.3 Å². The zero-order valence-electron chi connectivity index (χ0n) is 17.0. The highest BCUT2D eigenvalue weighted by Gasteiger charge is 2.32. The van der Waals surface area contributed by atoms with E-state index in [1.807, 2.05) is 49.5 Å². The first kappa shape index (κ1) is 20.7. The number of aliphatic carboxylic acids is 1. The van der Waals surface area contributed by atoms with Crippen LogP contribution in [0.2, 0.25) is 5.02 Å². The number of piperazine rings is 1. The summed E-state index contributed by atoms with van der Waals surface area (Å²) in [6.07, 6.45) is 1.84. The number of halogens is 1. The van der Waals surface area contributed by atoms with Crippen molar-refractivity contribution in [2.24, 2.45) is 0 Å². The van der Waals surface area contributed by atoms with Gasteiger partial charge < -0.3 is 14.8 Å². The normalized spacial score (nSPS) is 16.6. The fourth-order valence-electron chi connectivity index (χ4n) is 4.04. The molecule has 1 aliphatic heterocycles. The largest absolute Gasteiger partial charge is 0.492 e. The zero-order chi connectivity index (χ0) is 21.1.